The number of nitrogens with zero attached hydrogens (tertiary/aromatic N) is 2. The number of hydrogen-bond acceptors (Lipinski definition) is 4. The molecule has 3 aromatic rings. The first-order valence-corrected chi connectivity index (χ1v) is 9.94. The predicted octanol–water partition coefficient (Wildman–Crippen LogP) is 3.86. The van der Waals surface area contributed by atoms with E-state index in [1.54, 1.807) is 0 Å². The molecule has 0 radical (unpaired) electrons. The molecular formula is C25H20N2O2. The Hall–Kier alpha value is -3.53. The Morgan fingerprint density at radius 1 is 0.966 bits per heavy atom. The molecule has 5 rings (SSSR count). The zero-order chi connectivity index (χ0) is 20.0. The number of unbranched alkanes of at least 4 members (excludes halogenated alkanes) is 1. The van der Waals surface area contributed by atoms with Gasteiger partial charge < -0.3 is 5.11 Å². The van der Waals surface area contributed by atoms with Gasteiger partial charge in [0.1, 0.15) is 11.1 Å². The summed E-state index contributed by atoms with van der Waals surface area (Å²) in [5.74, 6) is 0.242. The van der Waals surface area contributed by atoms with Crippen LogP contribution in [0.3, 0.4) is 0 Å². The van der Waals surface area contributed by atoms with E-state index in [-0.39, 0.29) is 11.3 Å². The smallest absolute Gasteiger partial charge is 0.296 e. The van der Waals surface area contributed by atoms with Crippen LogP contribution in [0.1, 0.15) is 25.3 Å². The summed E-state index contributed by atoms with van der Waals surface area (Å²) in [5, 5.41) is 16.1. The average molecular weight is 380 g/mol. The summed E-state index contributed by atoms with van der Waals surface area (Å²) >= 11 is 0. The van der Waals surface area contributed by atoms with Crippen LogP contribution in [0.25, 0.3) is 38.6 Å². The van der Waals surface area contributed by atoms with Gasteiger partial charge in [-0.3, -0.25) is 9.79 Å². The number of aromatic nitrogens is 1. The van der Waals surface area contributed by atoms with E-state index in [1.165, 1.54) is 0 Å². The molecule has 4 nitrogen and oxygen atoms in total. The van der Waals surface area contributed by atoms with Gasteiger partial charge in [0.2, 0.25) is 0 Å². The van der Waals surface area contributed by atoms with Crippen molar-refractivity contribution >= 4 is 27.3 Å². The topological polar surface area (TPSA) is 62.6 Å². The highest BCUT2D eigenvalue weighted by atomic mass is 16.3. The summed E-state index contributed by atoms with van der Waals surface area (Å²) in [6.45, 7) is 2.74. The molecule has 2 aliphatic rings. The second-order valence-corrected chi connectivity index (χ2v) is 7.33. The van der Waals surface area contributed by atoms with Crippen molar-refractivity contribution in [1.82, 2.24) is 4.98 Å². The first kappa shape index (κ1) is 17.6. The third-order valence-electron chi connectivity index (χ3n) is 5.54. The number of benzene rings is 3. The standard InChI is InChI=1S/C25H20N2O2/c1-2-3-14-26-23-21-18-13-12-17(24(28)15-8-5-4-6-9-15)16-10-7-11-19(20(16)18)22(21)27-25(23)29/h4-13,28H,2-3,14H2,1H3. The van der Waals surface area contributed by atoms with Crippen molar-refractivity contribution < 1.29 is 5.11 Å². The number of rotatable bonds is 4. The Bertz CT molecular complexity index is 1460. The molecule has 0 bridgehead atoms. The molecule has 29 heavy (non-hydrogen) atoms. The minimum Gasteiger partial charge on any atom is -0.507 e. The summed E-state index contributed by atoms with van der Waals surface area (Å²) in [7, 11) is 0. The van der Waals surface area contributed by atoms with Crippen LogP contribution in [-0.4, -0.2) is 16.6 Å². The van der Waals surface area contributed by atoms with Crippen LogP contribution in [0.15, 0.2) is 70.5 Å². The van der Waals surface area contributed by atoms with Crippen molar-refractivity contribution in [3.8, 4) is 11.3 Å². The van der Waals surface area contributed by atoms with Crippen molar-refractivity contribution in [2.75, 3.05) is 6.54 Å². The van der Waals surface area contributed by atoms with Crippen molar-refractivity contribution in [2.24, 2.45) is 4.99 Å². The minimum atomic E-state index is -0.253. The highest BCUT2D eigenvalue weighted by molar-refractivity contribution is 6.23. The molecule has 0 aromatic heterocycles. The van der Waals surface area contributed by atoms with Gasteiger partial charge in [0.15, 0.2) is 0 Å². The molecule has 0 unspecified atom stereocenters. The largest absolute Gasteiger partial charge is 0.507 e. The molecule has 0 saturated heterocycles. The number of hydrogen-bond donors (Lipinski definition) is 1. The van der Waals surface area contributed by atoms with Crippen LogP contribution in [0.5, 0.6) is 0 Å². The van der Waals surface area contributed by atoms with E-state index in [9.17, 15) is 9.90 Å². The second-order valence-electron chi connectivity index (χ2n) is 7.33. The quantitative estimate of drug-likeness (QED) is 0.482. The van der Waals surface area contributed by atoms with Gasteiger partial charge in [-0.15, -0.1) is 0 Å². The normalized spacial score (nSPS) is 13.8. The van der Waals surface area contributed by atoms with Gasteiger partial charge in [-0.25, -0.2) is 4.98 Å². The summed E-state index contributed by atoms with van der Waals surface area (Å²) in [6.07, 6.45) is 1.97. The zero-order valence-corrected chi connectivity index (χ0v) is 16.1. The van der Waals surface area contributed by atoms with Gasteiger partial charge in [-0.1, -0.05) is 67.9 Å². The van der Waals surface area contributed by atoms with E-state index in [0.29, 0.717) is 17.6 Å². The molecule has 0 saturated carbocycles. The van der Waals surface area contributed by atoms with E-state index in [0.717, 1.165) is 50.7 Å². The maximum Gasteiger partial charge on any atom is 0.296 e. The molecular weight excluding hydrogens is 360 g/mol. The van der Waals surface area contributed by atoms with Crippen LogP contribution < -0.4 is 16.1 Å². The highest BCUT2D eigenvalue weighted by Gasteiger charge is 2.23. The fourth-order valence-electron chi connectivity index (χ4n) is 4.15. The first-order valence-electron chi connectivity index (χ1n) is 9.94. The molecule has 1 aliphatic carbocycles. The minimum absolute atomic E-state index is 0.242. The van der Waals surface area contributed by atoms with Crippen LogP contribution in [0, 0.1) is 0 Å². The molecule has 1 N–H and O–H groups in total. The van der Waals surface area contributed by atoms with Gasteiger partial charge >= 0.3 is 0 Å². The Balaban J connectivity index is 1.89. The molecule has 0 atom stereocenters. The van der Waals surface area contributed by atoms with Crippen molar-refractivity contribution in [2.45, 2.75) is 19.8 Å². The lowest BCUT2D eigenvalue weighted by molar-refractivity contribution is 0.508. The lowest BCUT2D eigenvalue weighted by Crippen LogP contribution is -2.22. The van der Waals surface area contributed by atoms with Crippen LogP contribution in [0.2, 0.25) is 0 Å². The van der Waals surface area contributed by atoms with Crippen molar-refractivity contribution in [3.63, 3.8) is 0 Å². The first-order chi connectivity index (χ1) is 14.2. The summed E-state index contributed by atoms with van der Waals surface area (Å²) in [4.78, 5) is 21.4. The number of aliphatic hydroxyl groups is 1. The third-order valence-corrected chi connectivity index (χ3v) is 5.54. The second kappa shape index (κ2) is 6.82. The lowest BCUT2D eigenvalue weighted by Gasteiger charge is -2.04. The van der Waals surface area contributed by atoms with Crippen LogP contribution in [0.4, 0.5) is 0 Å². The van der Waals surface area contributed by atoms with Gasteiger partial charge in [0.25, 0.3) is 5.56 Å². The van der Waals surface area contributed by atoms with Crippen LogP contribution >= 0.6 is 0 Å². The van der Waals surface area contributed by atoms with Gasteiger partial charge in [0, 0.05) is 28.3 Å². The zero-order valence-electron chi connectivity index (χ0n) is 16.1. The third kappa shape index (κ3) is 2.64. The van der Waals surface area contributed by atoms with E-state index < -0.39 is 0 Å². The predicted molar refractivity (Wildman–Crippen MR) is 117 cm³/mol. The molecule has 1 aliphatic heterocycles. The lowest BCUT2D eigenvalue weighted by atomic mass is 10.0. The highest BCUT2D eigenvalue weighted by Crippen LogP contribution is 2.38. The fourth-order valence-corrected chi connectivity index (χ4v) is 4.15. The molecule has 142 valence electrons. The van der Waals surface area contributed by atoms with Crippen LogP contribution in [-0.2, 0) is 0 Å². The summed E-state index contributed by atoms with van der Waals surface area (Å²) in [6, 6.07) is 19.4. The van der Waals surface area contributed by atoms with E-state index >= 15 is 0 Å². The molecule has 4 heteroatoms. The number of aliphatic hydroxyl groups excluding tert-OH is 1. The SMILES string of the molecule is CCCCN=c1c2c3ccc(=C(O)c4ccccc4)c4cccc(c-2nc1=O)c34. The van der Waals surface area contributed by atoms with Crippen molar-refractivity contribution in [1.29, 1.82) is 0 Å². The molecule has 0 spiro atoms. The van der Waals surface area contributed by atoms with Crippen molar-refractivity contribution in [3.05, 3.63) is 87.2 Å². The molecule has 1 heterocycles. The Morgan fingerprint density at radius 2 is 1.76 bits per heavy atom. The Kier molecular flexibility index (Phi) is 4.13. The molecule has 3 aromatic carbocycles. The fraction of sp³-hybridized carbons (Fsp3) is 0.160. The Labute approximate surface area is 167 Å². The maximum atomic E-state index is 12.5. The maximum absolute atomic E-state index is 12.5. The van der Waals surface area contributed by atoms with Gasteiger partial charge in [-0.2, -0.15) is 0 Å². The summed E-state index contributed by atoms with van der Waals surface area (Å²) in [5.41, 5.74) is 2.06. The van der Waals surface area contributed by atoms with E-state index in [4.69, 9.17) is 0 Å². The molecule has 0 fully saturated rings. The van der Waals surface area contributed by atoms with E-state index in [2.05, 4.69) is 16.9 Å². The molecule has 0 amide bonds. The van der Waals surface area contributed by atoms with E-state index in [1.807, 2.05) is 60.7 Å². The summed E-state index contributed by atoms with van der Waals surface area (Å²) < 4.78 is 0. The monoisotopic (exact) mass is 380 g/mol. The Morgan fingerprint density at radius 3 is 2.55 bits per heavy atom. The van der Waals surface area contributed by atoms with Gasteiger partial charge in [0.05, 0.1) is 5.69 Å². The van der Waals surface area contributed by atoms with Gasteiger partial charge in [-0.05, 0) is 28.6 Å². The average Bonchev–Trinajstić information content (AvgIpc) is 3.24. The number of fused-ring (bicyclic) bond motifs is 3.